The quantitative estimate of drug-likeness (QED) is 0.414. The van der Waals surface area contributed by atoms with Crippen LogP contribution in [0.1, 0.15) is 17.9 Å². The van der Waals surface area contributed by atoms with Crippen LogP contribution in [0.25, 0.3) is 0 Å². The predicted octanol–water partition coefficient (Wildman–Crippen LogP) is 1.19. The van der Waals surface area contributed by atoms with Gasteiger partial charge in [-0.1, -0.05) is 12.1 Å². The van der Waals surface area contributed by atoms with Crippen molar-refractivity contribution in [1.29, 1.82) is 0 Å². The molecule has 0 fully saturated rings. The fourth-order valence-electron chi connectivity index (χ4n) is 1.79. The number of benzene rings is 1. The topological polar surface area (TPSA) is 107 Å². The molecular formula is C12H18NO6P. The molecule has 0 radical (unpaired) electrons. The average Bonchev–Trinajstić information content (AvgIpc) is 2.36. The van der Waals surface area contributed by atoms with Crippen molar-refractivity contribution in [3.05, 3.63) is 29.8 Å². The minimum atomic E-state index is -4.28. The summed E-state index contributed by atoms with van der Waals surface area (Å²) in [4.78, 5) is 29.7. The summed E-state index contributed by atoms with van der Waals surface area (Å²) in [6.45, 7) is 0. The molecule has 112 valence electrons. The molecule has 0 heterocycles. The number of hydroxylamine groups is 2. The van der Waals surface area contributed by atoms with Gasteiger partial charge >= 0.3 is 7.60 Å². The number of amides is 1. The zero-order chi connectivity index (χ0) is 15.3. The first-order chi connectivity index (χ1) is 9.23. The lowest BCUT2D eigenvalue weighted by Crippen LogP contribution is -2.25. The maximum atomic E-state index is 11.5. The van der Waals surface area contributed by atoms with Crippen molar-refractivity contribution in [3.8, 4) is 5.75 Å². The van der Waals surface area contributed by atoms with E-state index in [1.165, 1.54) is 14.2 Å². The first-order valence-corrected chi connectivity index (χ1v) is 7.66. The van der Waals surface area contributed by atoms with Gasteiger partial charge in [-0.3, -0.25) is 14.6 Å². The Morgan fingerprint density at radius 2 is 1.90 bits per heavy atom. The predicted molar refractivity (Wildman–Crippen MR) is 71.8 cm³/mol. The smallest absolute Gasteiger partial charge is 0.326 e. The van der Waals surface area contributed by atoms with Crippen molar-refractivity contribution in [1.82, 2.24) is 5.06 Å². The highest BCUT2D eigenvalue weighted by molar-refractivity contribution is 7.51. The van der Waals surface area contributed by atoms with Gasteiger partial charge < -0.3 is 14.5 Å². The van der Waals surface area contributed by atoms with Gasteiger partial charge in [0.1, 0.15) is 5.75 Å². The zero-order valence-corrected chi connectivity index (χ0v) is 12.2. The Morgan fingerprint density at radius 1 is 1.35 bits per heavy atom. The van der Waals surface area contributed by atoms with Crippen LogP contribution in [-0.4, -0.2) is 46.3 Å². The lowest BCUT2D eigenvalue weighted by molar-refractivity contribution is -0.159. The number of ether oxygens (including phenoxy) is 1. The number of nitrogens with zero attached hydrogens (tertiary/aromatic N) is 1. The molecule has 3 N–H and O–H groups in total. The molecule has 8 heteroatoms. The van der Waals surface area contributed by atoms with E-state index in [1.807, 2.05) is 0 Å². The van der Waals surface area contributed by atoms with E-state index in [0.717, 1.165) is 0 Å². The molecule has 1 aromatic rings. The molecule has 20 heavy (non-hydrogen) atoms. The molecule has 0 saturated carbocycles. The van der Waals surface area contributed by atoms with E-state index in [4.69, 9.17) is 19.7 Å². The molecule has 7 nitrogen and oxygen atoms in total. The maximum Gasteiger partial charge on any atom is 0.326 e. The standard InChI is InChI=1S/C12H18NO6P/c1-13(15)12(14)7-10(8-20(16,17)18)9-3-5-11(19-2)6-4-9/h3-6,10,15H,7-8H2,1-2H3,(H2,16,17,18). The van der Waals surface area contributed by atoms with Crippen molar-refractivity contribution in [2.24, 2.45) is 0 Å². The van der Waals surface area contributed by atoms with E-state index < -0.39 is 25.6 Å². The lowest BCUT2D eigenvalue weighted by atomic mass is 9.97. The monoisotopic (exact) mass is 303 g/mol. The van der Waals surface area contributed by atoms with Crippen LogP contribution in [0, 0.1) is 0 Å². The van der Waals surface area contributed by atoms with Gasteiger partial charge in [-0.25, -0.2) is 5.06 Å². The Kier molecular flexibility index (Phi) is 5.71. The number of carbonyl (C=O) groups is 1. The summed E-state index contributed by atoms with van der Waals surface area (Å²) in [5, 5.41) is 9.48. The van der Waals surface area contributed by atoms with Crippen LogP contribution in [0.4, 0.5) is 0 Å². The van der Waals surface area contributed by atoms with E-state index in [2.05, 4.69) is 0 Å². The van der Waals surface area contributed by atoms with E-state index in [9.17, 15) is 9.36 Å². The first kappa shape index (κ1) is 16.7. The Hall–Kier alpha value is -1.40. The largest absolute Gasteiger partial charge is 0.497 e. The second-order valence-electron chi connectivity index (χ2n) is 4.44. The van der Waals surface area contributed by atoms with Gasteiger partial charge in [0, 0.05) is 19.4 Å². The van der Waals surface area contributed by atoms with E-state index in [-0.39, 0.29) is 6.42 Å². The highest BCUT2D eigenvalue weighted by atomic mass is 31.2. The Balaban J connectivity index is 2.96. The molecule has 0 bridgehead atoms. The molecule has 1 rings (SSSR count). The molecule has 1 unspecified atom stereocenters. The summed E-state index contributed by atoms with van der Waals surface area (Å²) in [6.07, 6.45) is -0.649. The minimum Gasteiger partial charge on any atom is -0.497 e. The fourth-order valence-corrected chi connectivity index (χ4v) is 2.71. The molecule has 0 aromatic heterocycles. The van der Waals surface area contributed by atoms with E-state index in [1.54, 1.807) is 24.3 Å². The normalized spacial score (nSPS) is 12.8. The fraction of sp³-hybridized carbons (Fsp3) is 0.417. The van der Waals surface area contributed by atoms with E-state index >= 15 is 0 Å². The van der Waals surface area contributed by atoms with Gasteiger partial charge in [0.15, 0.2) is 0 Å². The second-order valence-corrected chi connectivity index (χ2v) is 6.13. The van der Waals surface area contributed by atoms with Crippen LogP contribution in [0.2, 0.25) is 0 Å². The van der Waals surface area contributed by atoms with Gasteiger partial charge in [0.2, 0.25) is 5.91 Å². The van der Waals surface area contributed by atoms with Crippen molar-refractivity contribution >= 4 is 13.5 Å². The zero-order valence-electron chi connectivity index (χ0n) is 11.3. The van der Waals surface area contributed by atoms with Crippen molar-refractivity contribution in [2.75, 3.05) is 20.3 Å². The lowest BCUT2D eigenvalue weighted by Gasteiger charge is -2.19. The van der Waals surface area contributed by atoms with Gasteiger partial charge in [0.25, 0.3) is 0 Å². The summed E-state index contributed by atoms with van der Waals surface area (Å²) in [6, 6.07) is 6.58. The van der Waals surface area contributed by atoms with Gasteiger partial charge in [-0.2, -0.15) is 0 Å². The van der Waals surface area contributed by atoms with E-state index in [0.29, 0.717) is 16.4 Å². The van der Waals surface area contributed by atoms with Crippen LogP contribution in [0.5, 0.6) is 5.75 Å². The molecule has 0 aliphatic heterocycles. The SMILES string of the molecule is COc1ccc(C(CC(=O)N(C)O)CP(=O)(O)O)cc1. The van der Waals surface area contributed by atoms with Crippen LogP contribution in [0.15, 0.2) is 24.3 Å². The second kappa shape index (κ2) is 6.85. The van der Waals surface area contributed by atoms with Gasteiger partial charge in [-0.05, 0) is 17.7 Å². The highest BCUT2D eigenvalue weighted by Gasteiger charge is 2.26. The van der Waals surface area contributed by atoms with Crippen LogP contribution in [-0.2, 0) is 9.36 Å². The van der Waals surface area contributed by atoms with Crippen molar-refractivity contribution < 1.29 is 29.1 Å². The number of hydrogen-bond donors (Lipinski definition) is 3. The van der Waals surface area contributed by atoms with Crippen LogP contribution >= 0.6 is 7.60 Å². The summed E-state index contributed by atoms with van der Waals surface area (Å²) >= 11 is 0. The third-order valence-corrected chi connectivity index (χ3v) is 3.74. The molecule has 0 aliphatic carbocycles. The molecule has 1 aromatic carbocycles. The van der Waals surface area contributed by atoms with Gasteiger partial charge in [-0.15, -0.1) is 0 Å². The number of rotatable bonds is 6. The highest BCUT2D eigenvalue weighted by Crippen LogP contribution is 2.41. The molecule has 1 atom stereocenters. The average molecular weight is 303 g/mol. The molecule has 1 amide bonds. The maximum absolute atomic E-state index is 11.5. The Bertz CT molecular complexity index is 495. The Morgan fingerprint density at radius 3 is 2.30 bits per heavy atom. The summed E-state index contributed by atoms with van der Waals surface area (Å²) in [5.41, 5.74) is 0.601. The summed E-state index contributed by atoms with van der Waals surface area (Å²) in [5.74, 6) is -0.683. The van der Waals surface area contributed by atoms with Crippen LogP contribution < -0.4 is 4.74 Å². The van der Waals surface area contributed by atoms with Crippen molar-refractivity contribution in [2.45, 2.75) is 12.3 Å². The molecule has 0 spiro atoms. The summed E-state index contributed by atoms with van der Waals surface area (Å²) in [7, 11) is -1.60. The number of methoxy groups -OCH3 is 1. The van der Waals surface area contributed by atoms with Crippen LogP contribution in [0.3, 0.4) is 0 Å². The number of carbonyl (C=O) groups excluding carboxylic acids is 1. The molecule has 0 aliphatic rings. The molecule has 0 saturated heterocycles. The minimum absolute atomic E-state index is 0.190. The third kappa shape index (κ3) is 5.30. The first-order valence-electron chi connectivity index (χ1n) is 5.87. The Labute approximate surface area is 116 Å². The molecular weight excluding hydrogens is 285 g/mol. The van der Waals surface area contributed by atoms with Crippen molar-refractivity contribution in [3.63, 3.8) is 0 Å². The summed E-state index contributed by atoms with van der Waals surface area (Å²) < 4.78 is 16.2. The third-order valence-electron chi connectivity index (χ3n) is 2.83. The number of hydrogen-bond acceptors (Lipinski definition) is 4. The van der Waals surface area contributed by atoms with Gasteiger partial charge in [0.05, 0.1) is 13.3 Å².